The molecule has 0 aromatic rings. The molecule has 0 spiro atoms. The average Bonchev–Trinajstić information content (AvgIpc) is 2.50. The van der Waals surface area contributed by atoms with Gasteiger partial charge < -0.3 is 0 Å². The van der Waals surface area contributed by atoms with Crippen LogP contribution in [0.15, 0.2) is 0 Å². The van der Waals surface area contributed by atoms with E-state index in [9.17, 15) is 4.57 Å². The van der Waals surface area contributed by atoms with Crippen molar-refractivity contribution >= 4 is 7.75 Å². The van der Waals surface area contributed by atoms with Crippen LogP contribution in [0.2, 0.25) is 0 Å². The summed E-state index contributed by atoms with van der Waals surface area (Å²) in [6, 6.07) is 0. The fraction of sp³-hybridized carbons (Fsp3) is 1.00. The molecule has 0 aromatic carbocycles. The van der Waals surface area contributed by atoms with Gasteiger partial charge in [0, 0.05) is 5.54 Å². The molecule has 8 fully saturated rings. The minimum absolute atomic E-state index is 0.0156. The van der Waals surface area contributed by atoms with Crippen molar-refractivity contribution in [1.82, 2.24) is 5.09 Å². The van der Waals surface area contributed by atoms with Crippen LogP contribution in [0.1, 0.15) is 84.0 Å². The van der Waals surface area contributed by atoms with Gasteiger partial charge in [-0.2, -0.15) is 0 Å². The highest BCUT2D eigenvalue weighted by Gasteiger charge is 2.57. The molecule has 0 heterocycles. The van der Waals surface area contributed by atoms with Gasteiger partial charge in [0.05, 0.1) is 12.2 Å². The molecule has 0 saturated heterocycles. The van der Waals surface area contributed by atoms with Crippen LogP contribution in [-0.2, 0) is 13.6 Å². The van der Waals surface area contributed by atoms with Crippen LogP contribution < -0.4 is 5.09 Å². The molecule has 4 nitrogen and oxygen atoms in total. The Morgan fingerprint density at radius 2 is 1.19 bits per heavy atom. The van der Waals surface area contributed by atoms with E-state index in [0.717, 1.165) is 54.8 Å². The summed E-state index contributed by atoms with van der Waals surface area (Å²) in [4.78, 5) is 0. The van der Waals surface area contributed by atoms with Gasteiger partial charge in [-0.1, -0.05) is 0 Å². The first-order chi connectivity index (χ1) is 12.9. The first kappa shape index (κ1) is 17.9. The molecule has 1 atom stereocenters. The Bertz CT molecular complexity index is 541. The molecule has 8 aliphatic rings. The molecule has 0 aromatic heterocycles. The maximum Gasteiger partial charge on any atom is 0.406 e. The summed E-state index contributed by atoms with van der Waals surface area (Å²) in [6.07, 6.45) is 15.2. The van der Waals surface area contributed by atoms with Crippen LogP contribution in [-0.4, -0.2) is 17.7 Å². The molecule has 152 valence electrons. The lowest BCUT2D eigenvalue weighted by atomic mass is 9.53. The van der Waals surface area contributed by atoms with Crippen LogP contribution >= 0.6 is 7.75 Å². The molecule has 0 amide bonds. The predicted octanol–water partition coefficient (Wildman–Crippen LogP) is 5.67. The van der Waals surface area contributed by atoms with Crippen LogP contribution in [0.5, 0.6) is 0 Å². The summed E-state index contributed by atoms with van der Waals surface area (Å²) >= 11 is 0. The minimum Gasteiger partial charge on any atom is -0.297 e. The van der Waals surface area contributed by atoms with Crippen molar-refractivity contribution in [2.45, 2.75) is 95.1 Å². The highest BCUT2D eigenvalue weighted by Crippen LogP contribution is 2.65. The van der Waals surface area contributed by atoms with E-state index in [-0.39, 0.29) is 11.1 Å². The Morgan fingerprint density at radius 1 is 0.778 bits per heavy atom. The quantitative estimate of drug-likeness (QED) is 0.590. The summed E-state index contributed by atoms with van der Waals surface area (Å²) in [5, 5.41) is 3.63. The third kappa shape index (κ3) is 3.09. The maximum absolute atomic E-state index is 14.0. The van der Waals surface area contributed by atoms with Gasteiger partial charge in [0.15, 0.2) is 0 Å². The SMILES string of the molecule is CCO[P@@](=O)(NC12CC3CC(CC(C3)C1)C2)OC12CC3CC(CC(C3)C1)C2. The standard InChI is InChI=1S/C22H36NO3P/c1-2-25-27(24,23-21-9-15-3-16(10-21)5-17(4-15)11-21)26-22-12-18-6-19(13-22)8-20(7-18)14-22/h15-20H,2-14H2,1H3,(H,23,24)/t15?,16?,17?,18?,19?,20?,21?,22?,27-/m0/s1. The highest BCUT2D eigenvalue weighted by molar-refractivity contribution is 7.51. The second-order valence-corrected chi connectivity index (χ2v) is 13.1. The first-order valence-corrected chi connectivity index (χ1v) is 13.2. The maximum atomic E-state index is 14.0. The molecule has 8 bridgehead atoms. The van der Waals surface area contributed by atoms with Gasteiger partial charge in [0.25, 0.3) is 0 Å². The molecule has 8 aliphatic carbocycles. The van der Waals surface area contributed by atoms with Crippen LogP contribution in [0, 0.1) is 35.5 Å². The molecule has 27 heavy (non-hydrogen) atoms. The number of hydrogen-bond acceptors (Lipinski definition) is 3. The number of rotatable bonds is 6. The predicted molar refractivity (Wildman–Crippen MR) is 105 cm³/mol. The smallest absolute Gasteiger partial charge is 0.297 e. The van der Waals surface area contributed by atoms with Crippen molar-refractivity contribution in [2.24, 2.45) is 35.5 Å². The Balaban J connectivity index is 1.25. The van der Waals surface area contributed by atoms with E-state index in [2.05, 4.69) is 5.09 Å². The summed E-state index contributed by atoms with van der Waals surface area (Å²) in [6.45, 7) is 2.42. The Hall–Kier alpha value is 0.110. The molecule has 0 radical (unpaired) electrons. The van der Waals surface area contributed by atoms with Crippen LogP contribution in [0.25, 0.3) is 0 Å². The number of hydrogen-bond donors (Lipinski definition) is 1. The van der Waals surface area contributed by atoms with Gasteiger partial charge in [0.1, 0.15) is 0 Å². The van der Waals surface area contributed by atoms with E-state index in [1.54, 1.807) is 0 Å². The third-order valence-electron chi connectivity index (χ3n) is 9.01. The molecule has 0 aliphatic heterocycles. The van der Waals surface area contributed by atoms with Crippen LogP contribution in [0.3, 0.4) is 0 Å². The lowest BCUT2D eigenvalue weighted by Crippen LogP contribution is -2.58. The normalized spacial score (nSPS) is 54.4. The van der Waals surface area contributed by atoms with Crippen molar-refractivity contribution in [3.05, 3.63) is 0 Å². The summed E-state index contributed by atoms with van der Waals surface area (Å²) in [5.41, 5.74) is -0.156. The number of nitrogens with one attached hydrogen (secondary N) is 1. The first-order valence-electron chi connectivity index (χ1n) is 11.7. The zero-order valence-electron chi connectivity index (χ0n) is 16.8. The summed E-state index contributed by atoms with van der Waals surface area (Å²) < 4.78 is 26.6. The van der Waals surface area contributed by atoms with Crippen molar-refractivity contribution < 1.29 is 13.6 Å². The molecular weight excluding hydrogens is 357 g/mol. The van der Waals surface area contributed by atoms with Crippen molar-refractivity contribution in [2.75, 3.05) is 6.61 Å². The Morgan fingerprint density at radius 3 is 1.59 bits per heavy atom. The van der Waals surface area contributed by atoms with E-state index in [0.29, 0.717) is 6.61 Å². The third-order valence-corrected chi connectivity index (χ3v) is 11.0. The lowest BCUT2D eigenvalue weighted by molar-refractivity contribution is -0.116. The van der Waals surface area contributed by atoms with Crippen molar-refractivity contribution in [3.63, 3.8) is 0 Å². The van der Waals surface area contributed by atoms with Gasteiger partial charge in [-0.05, 0) is 119 Å². The largest absolute Gasteiger partial charge is 0.406 e. The summed E-state index contributed by atoms with van der Waals surface area (Å²) in [7, 11) is -3.27. The van der Waals surface area contributed by atoms with E-state index in [1.165, 1.54) is 57.8 Å². The van der Waals surface area contributed by atoms with Gasteiger partial charge in [-0.25, -0.2) is 9.65 Å². The molecule has 8 rings (SSSR count). The van der Waals surface area contributed by atoms with Crippen LogP contribution in [0.4, 0.5) is 0 Å². The van der Waals surface area contributed by atoms with E-state index >= 15 is 0 Å². The van der Waals surface area contributed by atoms with Gasteiger partial charge >= 0.3 is 7.75 Å². The Kier molecular flexibility index (Phi) is 4.02. The fourth-order valence-corrected chi connectivity index (χ4v) is 11.3. The summed E-state index contributed by atoms with van der Waals surface area (Å²) in [5.74, 6) is 4.89. The second kappa shape index (κ2) is 6.06. The second-order valence-electron chi connectivity index (χ2n) is 11.4. The molecule has 1 N–H and O–H groups in total. The van der Waals surface area contributed by atoms with Gasteiger partial charge in [-0.15, -0.1) is 0 Å². The topological polar surface area (TPSA) is 47.6 Å². The lowest BCUT2D eigenvalue weighted by Gasteiger charge is -2.59. The van der Waals surface area contributed by atoms with E-state index in [1.807, 2.05) is 6.92 Å². The zero-order chi connectivity index (χ0) is 18.3. The van der Waals surface area contributed by atoms with Gasteiger partial charge in [-0.3, -0.25) is 9.05 Å². The monoisotopic (exact) mass is 393 g/mol. The highest BCUT2D eigenvalue weighted by atomic mass is 31.2. The molecule has 5 heteroatoms. The van der Waals surface area contributed by atoms with Crippen molar-refractivity contribution in [3.8, 4) is 0 Å². The molecule has 8 saturated carbocycles. The van der Waals surface area contributed by atoms with Gasteiger partial charge in [0.2, 0.25) is 0 Å². The minimum atomic E-state index is -3.27. The molecule has 0 unspecified atom stereocenters. The molecular formula is C22H36NO3P. The Labute approximate surface area is 164 Å². The van der Waals surface area contributed by atoms with E-state index in [4.69, 9.17) is 9.05 Å². The van der Waals surface area contributed by atoms with E-state index < -0.39 is 7.75 Å². The fourth-order valence-electron chi connectivity index (χ4n) is 9.19. The zero-order valence-corrected chi connectivity index (χ0v) is 17.7. The van der Waals surface area contributed by atoms with Crippen molar-refractivity contribution in [1.29, 1.82) is 0 Å². The average molecular weight is 394 g/mol.